The van der Waals surface area contributed by atoms with E-state index < -0.39 is 23.7 Å². The number of halogens is 1. The number of amides is 2. The van der Waals surface area contributed by atoms with Crippen molar-refractivity contribution in [2.75, 3.05) is 10.3 Å². The first-order chi connectivity index (χ1) is 11.0. The molecule has 2 amide bonds. The third-order valence-electron chi connectivity index (χ3n) is 3.35. The molecule has 4 N–H and O–H groups in total. The summed E-state index contributed by atoms with van der Waals surface area (Å²) in [6.07, 6.45) is 3.02. The summed E-state index contributed by atoms with van der Waals surface area (Å²) < 4.78 is 13.0. The topological polar surface area (TPSA) is 116 Å². The molecule has 9 heteroatoms. The lowest BCUT2D eigenvalue weighted by Crippen LogP contribution is -2.39. The normalized spacial score (nSPS) is 17.0. The number of carbonyl (C=O) groups excluding carboxylic acids is 2. The van der Waals surface area contributed by atoms with Crippen LogP contribution >= 0.6 is 0 Å². The fraction of sp³-hybridized carbons (Fsp3) is 0.143. The van der Waals surface area contributed by atoms with Crippen molar-refractivity contribution in [3.63, 3.8) is 0 Å². The fourth-order valence-corrected chi connectivity index (χ4v) is 2.22. The lowest BCUT2D eigenvalue weighted by molar-refractivity contribution is -0.119. The van der Waals surface area contributed by atoms with E-state index in [1.165, 1.54) is 41.7 Å². The summed E-state index contributed by atoms with van der Waals surface area (Å²) in [4.78, 5) is 23.8. The molecule has 0 spiro atoms. The number of nitrogens with two attached hydrogens (primary N) is 1. The van der Waals surface area contributed by atoms with E-state index in [1.807, 2.05) is 0 Å². The molecule has 8 nitrogen and oxygen atoms in total. The predicted molar refractivity (Wildman–Crippen MR) is 81.1 cm³/mol. The Bertz CT molecular complexity index is 756. The zero-order valence-corrected chi connectivity index (χ0v) is 11.9. The van der Waals surface area contributed by atoms with Gasteiger partial charge in [-0.05, 0) is 24.3 Å². The Labute approximate surface area is 130 Å². The number of rotatable bonds is 4. The number of nitrogens with one attached hydrogen (secondary N) is 2. The highest BCUT2D eigenvalue weighted by molar-refractivity contribution is 6.44. The van der Waals surface area contributed by atoms with Gasteiger partial charge in [0.1, 0.15) is 17.6 Å². The van der Waals surface area contributed by atoms with Gasteiger partial charge >= 0.3 is 0 Å². The van der Waals surface area contributed by atoms with Gasteiger partial charge in [0.05, 0.1) is 17.6 Å². The van der Waals surface area contributed by atoms with Crippen molar-refractivity contribution in [3.8, 4) is 0 Å². The summed E-state index contributed by atoms with van der Waals surface area (Å²) in [5, 5.41) is 14.4. The zero-order valence-electron chi connectivity index (χ0n) is 11.9. The van der Waals surface area contributed by atoms with Gasteiger partial charge in [0, 0.05) is 12.6 Å². The first-order valence-electron chi connectivity index (χ1n) is 6.76. The van der Waals surface area contributed by atoms with Gasteiger partial charge in [-0.2, -0.15) is 10.2 Å². The van der Waals surface area contributed by atoms with Gasteiger partial charge in [0.15, 0.2) is 0 Å². The van der Waals surface area contributed by atoms with Gasteiger partial charge in [-0.1, -0.05) is 0 Å². The second kappa shape index (κ2) is 5.87. The molecular weight excluding hydrogens is 303 g/mol. The van der Waals surface area contributed by atoms with Gasteiger partial charge in [-0.25, -0.2) is 4.39 Å². The van der Waals surface area contributed by atoms with Crippen molar-refractivity contribution in [1.29, 1.82) is 0 Å². The summed E-state index contributed by atoms with van der Waals surface area (Å²) in [7, 11) is 0. The van der Waals surface area contributed by atoms with Crippen LogP contribution in [0.5, 0.6) is 0 Å². The number of hydrogen-bond acceptors (Lipinski definition) is 5. The zero-order chi connectivity index (χ0) is 16.4. The Balaban J connectivity index is 1.84. The third-order valence-corrected chi connectivity index (χ3v) is 3.35. The van der Waals surface area contributed by atoms with Crippen LogP contribution in [0.1, 0.15) is 6.42 Å². The summed E-state index contributed by atoms with van der Waals surface area (Å²) in [5.74, 6) is -1.49. The number of nitrogens with zero attached hydrogens (tertiary/aromatic N) is 3. The molecule has 0 radical (unpaired) electrons. The molecule has 1 aromatic carbocycles. The average molecular weight is 316 g/mol. The number of aromatic amines is 1. The Kier molecular flexibility index (Phi) is 3.75. The lowest BCUT2D eigenvalue weighted by atomic mass is 10.1. The number of aromatic nitrogens is 2. The first kappa shape index (κ1) is 14.7. The largest absolute Gasteiger partial charge is 0.368 e. The van der Waals surface area contributed by atoms with Crippen LogP contribution in [0, 0.1) is 5.82 Å². The summed E-state index contributed by atoms with van der Waals surface area (Å²) >= 11 is 0. The number of anilines is 2. The minimum Gasteiger partial charge on any atom is -0.368 e. The molecule has 1 aliphatic heterocycles. The van der Waals surface area contributed by atoms with Crippen LogP contribution in [0.25, 0.3) is 0 Å². The second-order valence-corrected chi connectivity index (χ2v) is 4.93. The van der Waals surface area contributed by atoms with Crippen LogP contribution in [0.2, 0.25) is 0 Å². The van der Waals surface area contributed by atoms with E-state index in [9.17, 15) is 14.0 Å². The smallest absolute Gasteiger partial charge is 0.272 e. The molecule has 2 aromatic rings. The molecule has 0 bridgehead atoms. The van der Waals surface area contributed by atoms with E-state index >= 15 is 0 Å². The molecule has 1 aliphatic rings. The maximum atomic E-state index is 13.0. The number of hydrogen-bond donors (Lipinski definition) is 3. The van der Waals surface area contributed by atoms with Crippen LogP contribution in [-0.4, -0.2) is 33.8 Å². The molecule has 118 valence electrons. The third kappa shape index (κ3) is 3.03. The molecule has 0 aliphatic carbocycles. The first-order valence-corrected chi connectivity index (χ1v) is 6.76. The average Bonchev–Trinajstić information content (AvgIpc) is 3.17. The van der Waals surface area contributed by atoms with E-state index in [2.05, 4.69) is 20.6 Å². The molecule has 0 fully saturated rings. The van der Waals surface area contributed by atoms with Crippen molar-refractivity contribution in [1.82, 2.24) is 10.2 Å². The highest BCUT2D eigenvalue weighted by atomic mass is 19.1. The molecule has 0 saturated heterocycles. The Morgan fingerprint density at radius 2 is 2.09 bits per heavy atom. The predicted octanol–water partition coefficient (Wildman–Crippen LogP) is 0.607. The van der Waals surface area contributed by atoms with E-state index in [4.69, 9.17) is 5.73 Å². The highest BCUT2D eigenvalue weighted by Gasteiger charge is 2.35. The van der Waals surface area contributed by atoms with Crippen molar-refractivity contribution < 1.29 is 14.0 Å². The van der Waals surface area contributed by atoms with Crippen molar-refractivity contribution in [2.45, 2.75) is 12.5 Å². The molecule has 3 rings (SSSR count). The highest BCUT2D eigenvalue weighted by Crippen LogP contribution is 2.25. The van der Waals surface area contributed by atoms with E-state index in [1.54, 1.807) is 0 Å². The van der Waals surface area contributed by atoms with Crippen molar-refractivity contribution in [3.05, 3.63) is 42.5 Å². The van der Waals surface area contributed by atoms with E-state index in [0.29, 0.717) is 11.4 Å². The second-order valence-electron chi connectivity index (χ2n) is 4.93. The SMILES string of the molecule is NC(=O)C1CC(C(=O)Nc2cn[nH]c2)=NN1c1ccc(F)cc1. The number of primary amides is 1. The van der Waals surface area contributed by atoms with Gasteiger partial charge < -0.3 is 11.1 Å². The van der Waals surface area contributed by atoms with Gasteiger partial charge in [-0.15, -0.1) is 0 Å². The summed E-state index contributed by atoms with van der Waals surface area (Å²) in [6, 6.07) is 4.61. The number of carbonyl (C=O) groups is 2. The minimum atomic E-state index is -0.800. The molecule has 23 heavy (non-hydrogen) atoms. The maximum absolute atomic E-state index is 13.0. The van der Waals surface area contributed by atoms with Crippen LogP contribution in [0.15, 0.2) is 41.8 Å². The van der Waals surface area contributed by atoms with Gasteiger partial charge in [-0.3, -0.25) is 19.7 Å². The van der Waals surface area contributed by atoms with Crippen molar-refractivity contribution >= 4 is 28.9 Å². The number of hydrazone groups is 1. The maximum Gasteiger partial charge on any atom is 0.272 e. The Morgan fingerprint density at radius 1 is 1.35 bits per heavy atom. The number of benzene rings is 1. The minimum absolute atomic E-state index is 0.0659. The van der Waals surface area contributed by atoms with Gasteiger partial charge in [0.25, 0.3) is 5.91 Å². The monoisotopic (exact) mass is 316 g/mol. The van der Waals surface area contributed by atoms with Crippen LogP contribution < -0.4 is 16.1 Å². The molecule has 1 unspecified atom stereocenters. The Morgan fingerprint density at radius 3 is 2.70 bits per heavy atom. The molecule has 1 atom stereocenters. The van der Waals surface area contributed by atoms with Gasteiger partial charge in [0.2, 0.25) is 5.91 Å². The van der Waals surface area contributed by atoms with E-state index in [0.717, 1.165) is 0 Å². The Hall–Kier alpha value is -3.23. The quantitative estimate of drug-likeness (QED) is 0.766. The molecule has 1 aromatic heterocycles. The van der Waals surface area contributed by atoms with Crippen molar-refractivity contribution in [2.24, 2.45) is 10.8 Å². The fourth-order valence-electron chi connectivity index (χ4n) is 2.22. The standard InChI is InChI=1S/C14H13FN6O2/c15-8-1-3-10(4-2-8)21-12(13(16)22)5-11(20-21)14(23)19-9-6-17-18-7-9/h1-4,6-7,12H,5H2,(H2,16,22)(H,17,18)(H,19,23). The van der Waals surface area contributed by atoms with E-state index in [-0.39, 0.29) is 12.1 Å². The lowest BCUT2D eigenvalue weighted by Gasteiger charge is -2.20. The van der Waals surface area contributed by atoms with Crippen LogP contribution in [-0.2, 0) is 9.59 Å². The molecule has 2 heterocycles. The molecule has 0 saturated carbocycles. The molecular formula is C14H13FN6O2. The summed E-state index contributed by atoms with van der Waals surface area (Å²) in [6.45, 7) is 0. The summed E-state index contributed by atoms with van der Waals surface area (Å²) in [5.41, 5.74) is 6.48. The van der Waals surface area contributed by atoms with Crippen LogP contribution in [0.3, 0.4) is 0 Å². The van der Waals surface area contributed by atoms with Crippen LogP contribution in [0.4, 0.5) is 15.8 Å². The number of H-pyrrole nitrogens is 1.